The number of hydrogen-bond acceptors (Lipinski definition) is 4. The largest absolute Gasteiger partial charge is 0.392 e. The smallest absolute Gasteiger partial charge is 0.317 e. The summed E-state index contributed by atoms with van der Waals surface area (Å²) >= 11 is 0. The summed E-state index contributed by atoms with van der Waals surface area (Å²) in [5, 5.41) is 12.8. The van der Waals surface area contributed by atoms with Gasteiger partial charge in [0.15, 0.2) is 0 Å². The maximum atomic E-state index is 12.4. The molecule has 0 aromatic heterocycles. The maximum absolute atomic E-state index is 12.4. The number of para-hydroxylation sites is 1. The van der Waals surface area contributed by atoms with Crippen molar-refractivity contribution in [1.29, 1.82) is 0 Å². The molecular formula is C21H34N4O2. The summed E-state index contributed by atoms with van der Waals surface area (Å²) in [4.78, 5) is 19.0. The van der Waals surface area contributed by atoms with Gasteiger partial charge in [-0.15, -0.1) is 0 Å². The number of urea groups is 1. The minimum Gasteiger partial charge on any atom is -0.392 e. The Balaban J connectivity index is 1.36. The van der Waals surface area contributed by atoms with Gasteiger partial charge in [-0.25, -0.2) is 4.79 Å². The Labute approximate surface area is 163 Å². The van der Waals surface area contributed by atoms with E-state index in [2.05, 4.69) is 46.3 Å². The van der Waals surface area contributed by atoms with Gasteiger partial charge >= 0.3 is 6.03 Å². The quantitative estimate of drug-likeness (QED) is 0.747. The van der Waals surface area contributed by atoms with Gasteiger partial charge in [0.05, 0.1) is 6.10 Å². The first-order valence-electron chi connectivity index (χ1n) is 10.4. The van der Waals surface area contributed by atoms with Crippen LogP contribution in [0.25, 0.3) is 0 Å². The molecule has 0 radical (unpaired) electrons. The zero-order valence-electron chi connectivity index (χ0n) is 16.6. The number of nitrogens with zero attached hydrogens (tertiary/aromatic N) is 3. The number of β-amino-alcohol motifs (C(OH)–C–C–N with tert-alkyl or cyclic N) is 1. The van der Waals surface area contributed by atoms with Gasteiger partial charge in [0, 0.05) is 45.0 Å². The number of likely N-dealkylation sites (tertiary alicyclic amines) is 1. The third-order valence-corrected chi connectivity index (χ3v) is 5.69. The van der Waals surface area contributed by atoms with Gasteiger partial charge in [-0.2, -0.15) is 0 Å². The molecule has 2 aliphatic rings. The van der Waals surface area contributed by atoms with Crippen LogP contribution >= 0.6 is 0 Å². The van der Waals surface area contributed by atoms with E-state index >= 15 is 0 Å². The molecular weight excluding hydrogens is 340 g/mol. The van der Waals surface area contributed by atoms with E-state index in [1.807, 2.05) is 4.90 Å². The van der Waals surface area contributed by atoms with Crippen LogP contribution in [0.5, 0.6) is 0 Å². The van der Waals surface area contributed by atoms with Crippen LogP contribution in [-0.2, 0) is 6.42 Å². The van der Waals surface area contributed by atoms with E-state index < -0.39 is 0 Å². The van der Waals surface area contributed by atoms with E-state index in [1.54, 1.807) is 0 Å². The molecule has 3 rings (SSSR count). The normalized spacial score (nSPS) is 21.3. The molecule has 2 fully saturated rings. The van der Waals surface area contributed by atoms with Crippen molar-refractivity contribution in [3.05, 3.63) is 29.8 Å². The first kappa shape index (κ1) is 20.0. The maximum Gasteiger partial charge on any atom is 0.317 e. The minimum absolute atomic E-state index is 0.0529. The molecule has 2 N–H and O–H groups in total. The van der Waals surface area contributed by atoms with Gasteiger partial charge in [0.1, 0.15) is 0 Å². The summed E-state index contributed by atoms with van der Waals surface area (Å²) in [5.74, 6) is 0. The number of aryl methyl sites for hydroxylation is 1. The molecule has 1 atom stereocenters. The highest BCUT2D eigenvalue weighted by molar-refractivity contribution is 5.74. The molecule has 6 heteroatoms. The molecule has 0 bridgehead atoms. The molecule has 27 heavy (non-hydrogen) atoms. The van der Waals surface area contributed by atoms with Gasteiger partial charge in [-0.05, 0) is 50.4 Å². The molecule has 6 nitrogen and oxygen atoms in total. The molecule has 0 saturated carbocycles. The minimum atomic E-state index is -0.178. The van der Waals surface area contributed by atoms with Gasteiger partial charge in [0.25, 0.3) is 0 Å². The van der Waals surface area contributed by atoms with Crippen LogP contribution in [0.1, 0.15) is 31.7 Å². The third kappa shape index (κ3) is 5.59. The van der Waals surface area contributed by atoms with E-state index in [1.165, 1.54) is 11.3 Å². The number of rotatable bonds is 6. The van der Waals surface area contributed by atoms with Gasteiger partial charge < -0.3 is 25.1 Å². The van der Waals surface area contributed by atoms with Crippen molar-refractivity contribution in [2.24, 2.45) is 0 Å². The Kier molecular flexibility index (Phi) is 7.35. The predicted octanol–water partition coefficient (Wildman–Crippen LogP) is 1.93. The molecule has 2 aliphatic heterocycles. The zero-order chi connectivity index (χ0) is 19.1. The first-order chi connectivity index (χ1) is 13.2. The van der Waals surface area contributed by atoms with E-state index in [0.29, 0.717) is 6.54 Å². The van der Waals surface area contributed by atoms with Gasteiger partial charge in [-0.1, -0.05) is 25.1 Å². The predicted molar refractivity (Wildman–Crippen MR) is 109 cm³/mol. The van der Waals surface area contributed by atoms with Crippen molar-refractivity contribution >= 4 is 11.7 Å². The third-order valence-electron chi connectivity index (χ3n) is 5.69. The monoisotopic (exact) mass is 374 g/mol. The highest BCUT2D eigenvalue weighted by atomic mass is 16.3. The highest BCUT2D eigenvalue weighted by Crippen LogP contribution is 2.22. The van der Waals surface area contributed by atoms with Crippen LogP contribution in [0.2, 0.25) is 0 Å². The molecule has 0 aliphatic carbocycles. The van der Waals surface area contributed by atoms with Crippen LogP contribution in [0.4, 0.5) is 10.5 Å². The number of aliphatic hydroxyl groups is 1. The Morgan fingerprint density at radius 1 is 1.19 bits per heavy atom. The van der Waals surface area contributed by atoms with Crippen LogP contribution < -0.4 is 10.2 Å². The number of nitrogens with one attached hydrogen (secondary N) is 1. The van der Waals surface area contributed by atoms with E-state index in [4.69, 9.17) is 0 Å². The summed E-state index contributed by atoms with van der Waals surface area (Å²) in [6.45, 7) is 8.97. The van der Waals surface area contributed by atoms with E-state index in [-0.39, 0.29) is 12.1 Å². The van der Waals surface area contributed by atoms with E-state index in [0.717, 1.165) is 71.5 Å². The molecule has 1 aromatic carbocycles. The first-order valence-corrected chi connectivity index (χ1v) is 10.4. The molecule has 150 valence electrons. The second-order valence-corrected chi connectivity index (χ2v) is 7.64. The van der Waals surface area contributed by atoms with Gasteiger partial charge in [-0.3, -0.25) is 0 Å². The average Bonchev–Trinajstić information content (AvgIpc) is 2.71. The van der Waals surface area contributed by atoms with Crippen LogP contribution in [0.3, 0.4) is 0 Å². The Morgan fingerprint density at radius 3 is 2.70 bits per heavy atom. The lowest BCUT2D eigenvalue weighted by Gasteiger charge is -2.37. The molecule has 2 saturated heterocycles. The number of carbonyl (C=O) groups is 1. The number of carbonyl (C=O) groups excluding carboxylic acids is 1. The number of hydrogen-bond donors (Lipinski definition) is 2. The van der Waals surface area contributed by atoms with Crippen molar-refractivity contribution < 1.29 is 9.90 Å². The number of benzene rings is 1. The fraction of sp³-hybridized carbons (Fsp3) is 0.667. The second kappa shape index (κ2) is 9.95. The van der Waals surface area contributed by atoms with Crippen molar-refractivity contribution in [3.8, 4) is 0 Å². The number of piperidine rings is 1. The molecule has 0 spiro atoms. The Hall–Kier alpha value is -1.79. The zero-order valence-corrected chi connectivity index (χ0v) is 16.6. The lowest BCUT2D eigenvalue weighted by atomic mass is 10.1. The summed E-state index contributed by atoms with van der Waals surface area (Å²) in [6, 6.07) is 8.62. The van der Waals surface area contributed by atoms with Crippen molar-refractivity contribution in [3.63, 3.8) is 0 Å². The fourth-order valence-corrected chi connectivity index (χ4v) is 4.11. The number of anilines is 1. The number of aliphatic hydroxyl groups excluding tert-OH is 1. The average molecular weight is 375 g/mol. The Morgan fingerprint density at radius 2 is 1.96 bits per heavy atom. The standard InChI is InChI=1S/C21H34N4O2/c1-2-18-7-3-4-9-20(18)24-13-15-25(16-14-24)21(27)22-10-6-12-23-11-5-8-19(26)17-23/h3-4,7,9,19,26H,2,5-6,8,10-17H2,1H3,(H,22,27). The lowest BCUT2D eigenvalue weighted by molar-refractivity contribution is 0.0702. The van der Waals surface area contributed by atoms with Gasteiger partial charge in [0.2, 0.25) is 0 Å². The topological polar surface area (TPSA) is 59.0 Å². The lowest BCUT2D eigenvalue weighted by Crippen LogP contribution is -2.52. The molecule has 1 aromatic rings. The summed E-state index contributed by atoms with van der Waals surface area (Å²) in [7, 11) is 0. The SMILES string of the molecule is CCc1ccccc1N1CCN(C(=O)NCCCN2CCCC(O)C2)CC1. The summed E-state index contributed by atoms with van der Waals surface area (Å²) in [6.07, 6.45) is 3.77. The number of amides is 2. The van der Waals surface area contributed by atoms with E-state index in [9.17, 15) is 9.90 Å². The van der Waals surface area contributed by atoms with Crippen LogP contribution in [0, 0.1) is 0 Å². The fourth-order valence-electron chi connectivity index (χ4n) is 4.11. The molecule has 2 amide bonds. The molecule has 1 unspecified atom stereocenters. The van der Waals surface area contributed by atoms with Crippen LogP contribution in [0.15, 0.2) is 24.3 Å². The number of piperazine rings is 1. The molecule has 2 heterocycles. The summed E-state index contributed by atoms with van der Waals surface area (Å²) < 4.78 is 0. The van der Waals surface area contributed by atoms with Crippen LogP contribution in [-0.4, -0.2) is 79.4 Å². The summed E-state index contributed by atoms with van der Waals surface area (Å²) in [5.41, 5.74) is 2.68. The van der Waals surface area contributed by atoms with Crippen molar-refractivity contribution in [2.75, 3.05) is 57.3 Å². The van der Waals surface area contributed by atoms with Crippen molar-refractivity contribution in [2.45, 2.75) is 38.7 Å². The second-order valence-electron chi connectivity index (χ2n) is 7.64. The van der Waals surface area contributed by atoms with Crippen molar-refractivity contribution in [1.82, 2.24) is 15.1 Å². The Bertz CT molecular complexity index is 602. The highest BCUT2D eigenvalue weighted by Gasteiger charge is 2.22.